The second-order valence-corrected chi connectivity index (χ2v) is 10.3. The van der Waals surface area contributed by atoms with Crippen molar-refractivity contribution >= 4 is 11.9 Å². The van der Waals surface area contributed by atoms with Gasteiger partial charge in [0.2, 0.25) is 11.8 Å². The van der Waals surface area contributed by atoms with E-state index in [-0.39, 0.29) is 6.61 Å². The fourth-order valence-electron chi connectivity index (χ4n) is 4.22. The molecule has 1 unspecified atom stereocenters. The summed E-state index contributed by atoms with van der Waals surface area (Å²) in [5, 5.41) is 0. The first-order valence-corrected chi connectivity index (χ1v) is 12.9. The van der Waals surface area contributed by atoms with Crippen LogP contribution in [0.5, 0.6) is 5.75 Å². The van der Waals surface area contributed by atoms with E-state index in [4.69, 9.17) is 24.6 Å². The summed E-state index contributed by atoms with van der Waals surface area (Å²) in [5.41, 5.74) is 10.1. The van der Waals surface area contributed by atoms with E-state index in [0.717, 1.165) is 33.5 Å². The van der Waals surface area contributed by atoms with Crippen molar-refractivity contribution in [3.63, 3.8) is 0 Å². The molecule has 1 aromatic heterocycles. The number of rotatable bonds is 11. The predicted molar refractivity (Wildman–Crippen MR) is 147 cm³/mol. The highest BCUT2D eigenvalue weighted by Gasteiger charge is 2.33. The van der Waals surface area contributed by atoms with Crippen LogP contribution in [0.2, 0.25) is 0 Å². The summed E-state index contributed by atoms with van der Waals surface area (Å²) in [6, 6.07) is 11.5. The second-order valence-electron chi connectivity index (χ2n) is 10.3. The molecule has 8 heteroatoms. The minimum Gasteiger partial charge on any atom is -0.476 e. The minimum absolute atomic E-state index is 0.286. The largest absolute Gasteiger partial charge is 0.476 e. The number of amides is 1. The number of carbonyl (C=O) groups is 2. The predicted octanol–water partition coefficient (Wildman–Crippen LogP) is 5.17. The van der Waals surface area contributed by atoms with Crippen LogP contribution in [-0.2, 0) is 27.4 Å². The fourth-order valence-corrected chi connectivity index (χ4v) is 4.22. The van der Waals surface area contributed by atoms with Crippen LogP contribution in [0.4, 0.5) is 0 Å². The van der Waals surface area contributed by atoms with Crippen molar-refractivity contribution in [1.82, 2.24) is 9.88 Å². The summed E-state index contributed by atoms with van der Waals surface area (Å²) >= 11 is 0. The Morgan fingerprint density at radius 1 is 1.05 bits per heavy atom. The lowest BCUT2D eigenvalue weighted by Crippen LogP contribution is -2.42. The Hall–Kier alpha value is -3.65. The molecule has 3 aromatic rings. The van der Waals surface area contributed by atoms with Crippen LogP contribution in [0, 0.1) is 27.7 Å². The average Bonchev–Trinajstić information content (AvgIpc) is 3.21. The van der Waals surface area contributed by atoms with Crippen LogP contribution >= 0.6 is 0 Å². The van der Waals surface area contributed by atoms with Gasteiger partial charge in [0, 0.05) is 18.7 Å². The van der Waals surface area contributed by atoms with E-state index in [1.165, 1.54) is 0 Å². The molecule has 0 aliphatic carbocycles. The molecule has 38 heavy (non-hydrogen) atoms. The molecule has 2 N–H and O–H groups in total. The fraction of sp³-hybridized carbons (Fsp3) is 0.433. The van der Waals surface area contributed by atoms with Crippen molar-refractivity contribution in [2.75, 3.05) is 6.61 Å². The second kappa shape index (κ2) is 11.8. The molecule has 0 radical (unpaired) electrons. The Morgan fingerprint density at radius 3 is 2.21 bits per heavy atom. The van der Waals surface area contributed by atoms with Gasteiger partial charge in [0.15, 0.2) is 5.60 Å². The molecule has 0 bridgehead atoms. The molecule has 0 spiro atoms. The summed E-state index contributed by atoms with van der Waals surface area (Å²) < 4.78 is 17.2. The SMILES string of the molecule is CCOC(=O)C(C)(C)Oc1c(C)cc(CN(Cc2nc(-c3ccc(C)cc3)oc2C)C(C)C(N)=O)cc1C. The average molecular weight is 522 g/mol. The monoisotopic (exact) mass is 521 g/mol. The number of nitrogens with zero attached hydrogens (tertiary/aromatic N) is 2. The quantitative estimate of drug-likeness (QED) is 0.347. The maximum Gasteiger partial charge on any atom is 0.349 e. The summed E-state index contributed by atoms with van der Waals surface area (Å²) in [4.78, 5) is 31.2. The Labute approximate surface area is 225 Å². The van der Waals surface area contributed by atoms with Crippen LogP contribution in [0.3, 0.4) is 0 Å². The number of nitrogens with two attached hydrogens (primary N) is 1. The molecule has 0 fully saturated rings. The molecule has 8 nitrogen and oxygen atoms in total. The van der Waals surface area contributed by atoms with Crippen LogP contribution in [0.25, 0.3) is 11.5 Å². The number of oxazole rings is 1. The molecular weight excluding hydrogens is 482 g/mol. The number of esters is 1. The van der Waals surface area contributed by atoms with Gasteiger partial charge in [-0.3, -0.25) is 9.69 Å². The molecule has 2 aromatic carbocycles. The highest BCUT2D eigenvalue weighted by Crippen LogP contribution is 2.30. The van der Waals surface area contributed by atoms with Gasteiger partial charge in [0.05, 0.1) is 18.3 Å². The van der Waals surface area contributed by atoms with Gasteiger partial charge in [0.1, 0.15) is 11.5 Å². The molecule has 0 saturated carbocycles. The van der Waals surface area contributed by atoms with Crippen LogP contribution < -0.4 is 10.5 Å². The number of aryl methyl sites for hydroxylation is 4. The van der Waals surface area contributed by atoms with E-state index in [1.807, 2.05) is 69.0 Å². The number of hydrogen-bond acceptors (Lipinski definition) is 7. The van der Waals surface area contributed by atoms with Gasteiger partial charge >= 0.3 is 5.97 Å². The zero-order valence-corrected chi connectivity index (χ0v) is 23.7. The Kier molecular flexibility index (Phi) is 8.99. The number of ether oxygens (including phenoxy) is 2. The first-order chi connectivity index (χ1) is 17.8. The lowest BCUT2D eigenvalue weighted by Gasteiger charge is -2.28. The molecule has 1 heterocycles. The standard InChI is InChI=1S/C30H39N3O5/c1-9-36-29(35)30(7,8)38-26-19(3)14-23(15-20(26)4)16-33(21(5)27(31)34)17-25-22(6)37-28(32-25)24-12-10-18(2)11-13-24/h10-15,21H,9,16-17H2,1-8H3,(H2,31,34). The third-order valence-corrected chi connectivity index (χ3v) is 6.53. The van der Waals surface area contributed by atoms with Crippen molar-refractivity contribution < 1.29 is 23.5 Å². The highest BCUT2D eigenvalue weighted by atomic mass is 16.6. The third-order valence-electron chi connectivity index (χ3n) is 6.53. The summed E-state index contributed by atoms with van der Waals surface area (Å²) in [5.74, 6) is 1.03. The van der Waals surface area contributed by atoms with Gasteiger partial charge in [-0.2, -0.15) is 0 Å². The Balaban J connectivity index is 1.86. The van der Waals surface area contributed by atoms with E-state index in [1.54, 1.807) is 27.7 Å². The third kappa shape index (κ3) is 6.81. The van der Waals surface area contributed by atoms with E-state index >= 15 is 0 Å². The smallest absolute Gasteiger partial charge is 0.349 e. The molecule has 0 saturated heterocycles. The topological polar surface area (TPSA) is 108 Å². The first-order valence-electron chi connectivity index (χ1n) is 12.9. The minimum atomic E-state index is -1.13. The number of aromatic nitrogens is 1. The van der Waals surface area contributed by atoms with Gasteiger partial charge in [0.25, 0.3) is 0 Å². The van der Waals surface area contributed by atoms with E-state index in [0.29, 0.717) is 30.5 Å². The van der Waals surface area contributed by atoms with Crippen molar-refractivity contribution in [2.24, 2.45) is 5.73 Å². The number of carbonyl (C=O) groups excluding carboxylic acids is 2. The van der Waals surface area contributed by atoms with Gasteiger partial charge in [-0.05, 0) is 84.2 Å². The number of hydrogen-bond donors (Lipinski definition) is 1. The van der Waals surface area contributed by atoms with Gasteiger partial charge < -0.3 is 19.6 Å². The van der Waals surface area contributed by atoms with Crippen LogP contribution in [0.15, 0.2) is 40.8 Å². The lowest BCUT2D eigenvalue weighted by atomic mass is 10.0. The van der Waals surface area contributed by atoms with Crippen molar-refractivity contribution in [2.45, 2.75) is 80.1 Å². The molecule has 1 atom stereocenters. The molecule has 3 rings (SSSR count). The summed E-state index contributed by atoms with van der Waals surface area (Å²) in [7, 11) is 0. The van der Waals surface area contributed by atoms with Crippen molar-refractivity contribution in [3.8, 4) is 17.2 Å². The molecular formula is C30H39N3O5. The zero-order chi connectivity index (χ0) is 28.2. The molecule has 0 aliphatic heterocycles. The molecule has 0 aliphatic rings. The van der Waals surface area contributed by atoms with Gasteiger partial charge in [-0.25, -0.2) is 9.78 Å². The Bertz CT molecular complexity index is 1270. The van der Waals surface area contributed by atoms with Gasteiger partial charge in [-0.1, -0.05) is 29.8 Å². The van der Waals surface area contributed by atoms with Gasteiger partial charge in [-0.15, -0.1) is 0 Å². The lowest BCUT2D eigenvalue weighted by molar-refractivity contribution is -0.158. The molecule has 1 amide bonds. The maximum absolute atomic E-state index is 12.3. The highest BCUT2D eigenvalue weighted by molar-refractivity contribution is 5.79. The van der Waals surface area contributed by atoms with Crippen molar-refractivity contribution in [1.29, 1.82) is 0 Å². The van der Waals surface area contributed by atoms with E-state index < -0.39 is 23.5 Å². The van der Waals surface area contributed by atoms with Crippen LogP contribution in [-0.4, -0.2) is 40.0 Å². The zero-order valence-electron chi connectivity index (χ0n) is 23.7. The van der Waals surface area contributed by atoms with E-state index in [2.05, 4.69) is 0 Å². The number of benzene rings is 2. The van der Waals surface area contributed by atoms with E-state index in [9.17, 15) is 9.59 Å². The summed E-state index contributed by atoms with van der Waals surface area (Å²) in [6.07, 6.45) is 0. The van der Waals surface area contributed by atoms with Crippen LogP contribution in [0.1, 0.15) is 61.4 Å². The normalized spacial score (nSPS) is 12.4. The molecule has 204 valence electrons. The number of primary amides is 1. The Morgan fingerprint density at radius 2 is 1.66 bits per heavy atom. The summed E-state index contributed by atoms with van der Waals surface area (Å²) in [6.45, 7) is 15.8. The van der Waals surface area contributed by atoms with Crippen molar-refractivity contribution in [3.05, 3.63) is 70.1 Å². The maximum atomic E-state index is 12.3. The first kappa shape index (κ1) is 28.9.